The maximum absolute atomic E-state index is 13.8. The summed E-state index contributed by atoms with van der Waals surface area (Å²) < 4.78 is 51.9. The topological polar surface area (TPSA) is 15.3 Å². The lowest BCUT2D eigenvalue weighted by Crippen LogP contribution is -2.36. The molecule has 2 aromatic carbocycles. The third-order valence-corrected chi connectivity index (χ3v) is 5.03. The van der Waals surface area contributed by atoms with Crippen LogP contribution in [0.2, 0.25) is 5.02 Å². The largest absolute Gasteiger partial charge is 0.419 e. The predicted molar refractivity (Wildman–Crippen MR) is 93.7 cm³/mol. The number of nitrogens with one attached hydrogen (secondary N) is 1. The molecule has 1 aliphatic rings. The van der Waals surface area contributed by atoms with E-state index < -0.39 is 17.6 Å². The number of hydrogen-bond acceptors (Lipinski definition) is 2. The number of likely N-dealkylation sites (N-methyl/N-ethyl adjacent to an activating group) is 1. The summed E-state index contributed by atoms with van der Waals surface area (Å²) in [7, 11) is 1.89. The second kappa shape index (κ2) is 7.55. The molecule has 1 fully saturated rings. The van der Waals surface area contributed by atoms with Crippen LogP contribution in [-0.2, 0) is 12.7 Å². The Kier molecular flexibility index (Phi) is 5.55. The molecule has 26 heavy (non-hydrogen) atoms. The van der Waals surface area contributed by atoms with E-state index in [0.29, 0.717) is 17.1 Å². The Labute approximate surface area is 154 Å². The SMILES string of the molecule is CN(Cc1ccc(C(F)(F)F)c(F)c1)[C@H]1CNC[C@@H]1c1cccc(Cl)c1. The van der Waals surface area contributed by atoms with Crippen LogP contribution in [0.5, 0.6) is 0 Å². The summed E-state index contributed by atoms with van der Waals surface area (Å²) in [6.45, 7) is 1.89. The lowest BCUT2D eigenvalue weighted by atomic mass is 9.93. The van der Waals surface area contributed by atoms with Crippen LogP contribution in [0.3, 0.4) is 0 Å². The Bertz CT molecular complexity index is 778. The Morgan fingerprint density at radius 1 is 1.15 bits per heavy atom. The zero-order valence-corrected chi connectivity index (χ0v) is 14.9. The van der Waals surface area contributed by atoms with Gasteiger partial charge in [-0.1, -0.05) is 29.8 Å². The van der Waals surface area contributed by atoms with Gasteiger partial charge in [-0.05, 0) is 42.4 Å². The maximum atomic E-state index is 13.8. The number of halogens is 5. The average molecular weight is 387 g/mol. The molecule has 2 aromatic rings. The van der Waals surface area contributed by atoms with Gasteiger partial charge < -0.3 is 5.32 Å². The van der Waals surface area contributed by atoms with Crippen LogP contribution in [0.1, 0.15) is 22.6 Å². The monoisotopic (exact) mass is 386 g/mol. The highest BCUT2D eigenvalue weighted by Crippen LogP contribution is 2.32. The molecule has 2 nitrogen and oxygen atoms in total. The van der Waals surface area contributed by atoms with Crippen molar-refractivity contribution in [2.45, 2.75) is 24.7 Å². The molecule has 0 bridgehead atoms. The second-order valence-electron chi connectivity index (χ2n) is 6.61. The fraction of sp³-hybridized carbons (Fsp3) is 0.368. The first kappa shape index (κ1) is 19.1. The summed E-state index contributed by atoms with van der Waals surface area (Å²) in [5.74, 6) is -1.03. The molecule has 0 amide bonds. The lowest BCUT2D eigenvalue weighted by Gasteiger charge is -2.29. The van der Waals surface area contributed by atoms with Crippen LogP contribution >= 0.6 is 11.6 Å². The van der Waals surface area contributed by atoms with Crippen molar-refractivity contribution in [3.05, 3.63) is 70.0 Å². The first-order chi connectivity index (χ1) is 12.3. The van der Waals surface area contributed by atoms with Crippen LogP contribution in [0.25, 0.3) is 0 Å². The van der Waals surface area contributed by atoms with E-state index >= 15 is 0 Å². The standard InChI is InChI=1S/C19H19ClF4N2/c1-26(11-12-5-6-16(17(21)7-12)19(22,23)24)18-10-25-9-15(18)13-3-2-4-14(20)8-13/h2-8,15,18,25H,9-11H2,1H3/t15-,18+/m1/s1. The van der Waals surface area contributed by atoms with E-state index in [4.69, 9.17) is 11.6 Å². The second-order valence-corrected chi connectivity index (χ2v) is 7.05. The summed E-state index contributed by atoms with van der Waals surface area (Å²) in [5, 5.41) is 4.01. The highest BCUT2D eigenvalue weighted by Gasteiger charge is 2.34. The van der Waals surface area contributed by atoms with Crippen LogP contribution < -0.4 is 5.32 Å². The van der Waals surface area contributed by atoms with E-state index in [0.717, 1.165) is 30.8 Å². The first-order valence-corrected chi connectivity index (χ1v) is 8.65. The molecule has 1 N–H and O–H groups in total. The summed E-state index contributed by atoms with van der Waals surface area (Å²) in [6.07, 6.45) is -4.68. The molecule has 3 rings (SSSR count). The molecule has 140 valence electrons. The molecule has 0 spiro atoms. The predicted octanol–water partition coefficient (Wildman–Crippen LogP) is 4.69. The van der Waals surface area contributed by atoms with Crippen LogP contribution in [-0.4, -0.2) is 31.1 Å². The molecule has 2 atom stereocenters. The van der Waals surface area contributed by atoms with Gasteiger partial charge in [0.15, 0.2) is 0 Å². The lowest BCUT2D eigenvalue weighted by molar-refractivity contribution is -0.140. The van der Waals surface area contributed by atoms with Crippen molar-refractivity contribution < 1.29 is 17.6 Å². The van der Waals surface area contributed by atoms with Gasteiger partial charge >= 0.3 is 6.18 Å². The van der Waals surface area contributed by atoms with Gasteiger partial charge in [-0.3, -0.25) is 4.90 Å². The smallest absolute Gasteiger partial charge is 0.314 e. The average Bonchev–Trinajstić information content (AvgIpc) is 3.03. The minimum Gasteiger partial charge on any atom is -0.314 e. The molecule has 7 heteroatoms. The quantitative estimate of drug-likeness (QED) is 0.767. The number of rotatable bonds is 4. The number of alkyl halides is 3. The molecule has 0 saturated carbocycles. The minimum atomic E-state index is -4.68. The van der Waals surface area contributed by atoms with Crippen molar-refractivity contribution in [2.75, 3.05) is 20.1 Å². The Balaban J connectivity index is 1.75. The summed E-state index contributed by atoms with van der Waals surface area (Å²) in [5.41, 5.74) is 0.385. The van der Waals surface area contributed by atoms with Crippen molar-refractivity contribution in [1.82, 2.24) is 10.2 Å². The van der Waals surface area contributed by atoms with Gasteiger partial charge in [0.05, 0.1) is 5.56 Å². The fourth-order valence-corrected chi connectivity index (χ4v) is 3.70. The van der Waals surface area contributed by atoms with Gasteiger partial charge in [-0.2, -0.15) is 13.2 Å². The molecule has 0 unspecified atom stereocenters. The van der Waals surface area contributed by atoms with Gasteiger partial charge in [-0.15, -0.1) is 0 Å². The molecule has 1 heterocycles. The zero-order valence-electron chi connectivity index (χ0n) is 14.2. The van der Waals surface area contributed by atoms with E-state index in [2.05, 4.69) is 5.32 Å². The first-order valence-electron chi connectivity index (χ1n) is 8.28. The maximum Gasteiger partial charge on any atom is 0.419 e. The Hall–Kier alpha value is -1.63. The number of benzene rings is 2. The summed E-state index contributed by atoms with van der Waals surface area (Å²) in [6, 6.07) is 10.9. The molecular formula is C19H19ClF4N2. The van der Waals surface area contributed by atoms with Crippen LogP contribution in [0, 0.1) is 5.82 Å². The molecule has 0 radical (unpaired) electrons. The van der Waals surface area contributed by atoms with E-state index in [-0.39, 0.29) is 12.0 Å². The van der Waals surface area contributed by atoms with Gasteiger partial charge in [0.25, 0.3) is 0 Å². The summed E-state index contributed by atoms with van der Waals surface area (Å²) in [4.78, 5) is 2.04. The molecule has 1 saturated heterocycles. The zero-order chi connectivity index (χ0) is 18.9. The van der Waals surface area contributed by atoms with Gasteiger partial charge in [0.1, 0.15) is 5.82 Å². The van der Waals surface area contributed by atoms with E-state index in [9.17, 15) is 17.6 Å². The van der Waals surface area contributed by atoms with Crippen molar-refractivity contribution in [3.8, 4) is 0 Å². The van der Waals surface area contributed by atoms with Crippen molar-refractivity contribution in [2.24, 2.45) is 0 Å². The molecular weight excluding hydrogens is 368 g/mol. The van der Waals surface area contributed by atoms with Crippen LogP contribution in [0.4, 0.5) is 17.6 Å². The Morgan fingerprint density at radius 2 is 1.92 bits per heavy atom. The highest BCUT2D eigenvalue weighted by molar-refractivity contribution is 6.30. The van der Waals surface area contributed by atoms with E-state index in [1.807, 2.05) is 36.2 Å². The minimum absolute atomic E-state index is 0.138. The fourth-order valence-electron chi connectivity index (χ4n) is 3.50. The third kappa shape index (κ3) is 4.19. The van der Waals surface area contributed by atoms with Crippen molar-refractivity contribution in [3.63, 3.8) is 0 Å². The Morgan fingerprint density at radius 3 is 2.58 bits per heavy atom. The highest BCUT2D eigenvalue weighted by atomic mass is 35.5. The van der Waals surface area contributed by atoms with E-state index in [1.165, 1.54) is 6.07 Å². The summed E-state index contributed by atoms with van der Waals surface area (Å²) >= 11 is 6.08. The third-order valence-electron chi connectivity index (χ3n) is 4.80. The van der Waals surface area contributed by atoms with Gasteiger partial charge in [-0.25, -0.2) is 4.39 Å². The van der Waals surface area contributed by atoms with Crippen molar-refractivity contribution in [1.29, 1.82) is 0 Å². The van der Waals surface area contributed by atoms with Crippen molar-refractivity contribution >= 4 is 11.6 Å². The number of hydrogen-bond donors (Lipinski definition) is 1. The van der Waals surface area contributed by atoms with Gasteiger partial charge in [0, 0.05) is 36.6 Å². The number of nitrogens with zero attached hydrogens (tertiary/aromatic N) is 1. The van der Waals surface area contributed by atoms with Gasteiger partial charge in [0.2, 0.25) is 0 Å². The molecule has 1 aliphatic heterocycles. The van der Waals surface area contributed by atoms with Crippen LogP contribution in [0.15, 0.2) is 42.5 Å². The molecule has 0 aliphatic carbocycles. The van der Waals surface area contributed by atoms with E-state index in [1.54, 1.807) is 0 Å². The molecule has 0 aromatic heterocycles. The normalized spacial score (nSPS) is 20.7.